The molecular weight excluding hydrogens is 656 g/mol. The van der Waals surface area contributed by atoms with E-state index in [-0.39, 0.29) is 18.4 Å². The lowest BCUT2D eigenvalue weighted by Gasteiger charge is -2.28. The molecule has 0 aromatic rings. The van der Waals surface area contributed by atoms with Crippen molar-refractivity contribution in [1.82, 2.24) is 0 Å². The first-order chi connectivity index (χ1) is 25.4. The Labute approximate surface area is 317 Å². The van der Waals surface area contributed by atoms with Crippen molar-refractivity contribution >= 4 is 11.9 Å². The number of epoxide rings is 4. The molecule has 8 heteroatoms. The van der Waals surface area contributed by atoms with E-state index in [2.05, 4.69) is 13.8 Å². The molecule has 0 bridgehead atoms. The Morgan fingerprint density at radius 2 is 0.750 bits per heavy atom. The molecule has 0 saturated carbocycles. The van der Waals surface area contributed by atoms with E-state index in [0.29, 0.717) is 74.9 Å². The van der Waals surface area contributed by atoms with E-state index in [1.54, 1.807) is 0 Å². The highest BCUT2D eigenvalue weighted by Crippen LogP contribution is 2.37. The summed E-state index contributed by atoms with van der Waals surface area (Å²) in [4.78, 5) is 25.9. The van der Waals surface area contributed by atoms with Crippen LogP contribution in [-0.4, -0.2) is 74.0 Å². The van der Waals surface area contributed by atoms with Crippen LogP contribution in [0.15, 0.2) is 0 Å². The van der Waals surface area contributed by atoms with Gasteiger partial charge in [-0.15, -0.1) is 0 Å². The lowest BCUT2D eigenvalue weighted by atomic mass is 9.79. The average Bonchev–Trinajstić information content (AvgIpc) is 3.96. The van der Waals surface area contributed by atoms with Gasteiger partial charge in [0.1, 0.15) is 0 Å². The highest BCUT2D eigenvalue weighted by Gasteiger charge is 2.42. The summed E-state index contributed by atoms with van der Waals surface area (Å²) >= 11 is 0. The number of hydrogen-bond donors (Lipinski definition) is 0. The molecule has 4 aliphatic heterocycles. The summed E-state index contributed by atoms with van der Waals surface area (Å²) in [6.07, 6.45) is 33.2. The molecule has 0 amide bonds. The van der Waals surface area contributed by atoms with Gasteiger partial charge in [0.2, 0.25) is 0 Å². The molecule has 52 heavy (non-hydrogen) atoms. The summed E-state index contributed by atoms with van der Waals surface area (Å²) in [6.45, 7) is 9.24. The van der Waals surface area contributed by atoms with E-state index >= 15 is 0 Å². The second-order valence-electron chi connectivity index (χ2n) is 16.6. The predicted molar refractivity (Wildman–Crippen MR) is 206 cm³/mol. The van der Waals surface area contributed by atoms with Gasteiger partial charge in [0, 0.05) is 0 Å². The number of unbranched alkanes of at least 4 members (excludes halogenated alkanes) is 10. The van der Waals surface area contributed by atoms with Crippen molar-refractivity contribution in [2.75, 3.05) is 13.2 Å². The highest BCUT2D eigenvalue weighted by atomic mass is 16.6. The van der Waals surface area contributed by atoms with Crippen LogP contribution >= 0.6 is 0 Å². The Bertz CT molecular complexity index is 983. The Balaban J connectivity index is 0.931. The molecule has 0 spiro atoms. The van der Waals surface area contributed by atoms with Gasteiger partial charge in [0.15, 0.2) is 0 Å². The van der Waals surface area contributed by atoms with Gasteiger partial charge in [-0.05, 0) is 103 Å². The number of hydrogen-bond acceptors (Lipinski definition) is 8. The molecule has 0 N–H and O–H groups in total. The molecule has 4 heterocycles. The molecule has 4 fully saturated rings. The van der Waals surface area contributed by atoms with Crippen LogP contribution in [0.3, 0.4) is 0 Å². The van der Waals surface area contributed by atoms with Crippen LogP contribution < -0.4 is 0 Å². The molecular formula is C44H78O8. The van der Waals surface area contributed by atoms with E-state index in [0.717, 1.165) is 51.4 Å². The number of carbonyl (C=O) groups is 2. The molecule has 4 aliphatic rings. The van der Waals surface area contributed by atoms with Crippen molar-refractivity contribution in [2.45, 2.75) is 250 Å². The molecule has 4 saturated heterocycles. The summed E-state index contributed by atoms with van der Waals surface area (Å²) in [5.41, 5.74) is -0.809. The van der Waals surface area contributed by atoms with Crippen molar-refractivity contribution in [3.63, 3.8) is 0 Å². The largest absolute Gasteiger partial charge is 0.466 e. The van der Waals surface area contributed by atoms with Gasteiger partial charge in [-0.2, -0.15) is 0 Å². The minimum Gasteiger partial charge on any atom is -0.466 e. The van der Waals surface area contributed by atoms with Crippen LogP contribution in [0.1, 0.15) is 201 Å². The number of ether oxygens (including phenoxy) is 6. The summed E-state index contributed by atoms with van der Waals surface area (Å²) in [6, 6.07) is 0. The third-order valence-electron chi connectivity index (χ3n) is 12.4. The van der Waals surface area contributed by atoms with Gasteiger partial charge >= 0.3 is 11.9 Å². The highest BCUT2D eigenvalue weighted by molar-refractivity contribution is 5.83. The number of esters is 2. The number of carbonyl (C=O) groups excluding carboxylic acids is 2. The fraction of sp³-hybridized carbons (Fsp3) is 0.955. The minimum atomic E-state index is -0.809. The normalized spacial score (nSPS) is 27.4. The Hall–Kier alpha value is -1.22. The molecule has 302 valence electrons. The maximum Gasteiger partial charge on any atom is 0.312 e. The first kappa shape index (κ1) is 43.5. The Morgan fingerprint density at radius 3 is 1.12 bits per heavy atom. The predicted octanol–water partition coefficient (Wildman–Crippen LogP) is 10.7. The molecule has 0 aromatic heterocycles. The monoisotopic (exact) mass is 735 g/mol. The quantitative estimate of drug-likeness (QED) is 0.0360. The molecule has 0 aromatic carbocycles. The van der Waals surface area contributed by atoms with Crippen LogP contribution in [0.2, 0.25) is 0 Å². The zero-order chi connectivity index (χ0) is 37.0. The standard InChI is InChI=1S/C44H78O8/c1-5-9-11-13-15-23-34-38(49-34)27-21-29-40-36(51-40)25-17-19-31-47-42(45)33-44(7-3,8-4)43(46)48-32-20-18-26-37-41(52-37)30-22-28-39-35(50-39)24-16-14-12-10-6-2/h34-41H,5-33H2,1-4H3. The topological polar surface area (TPSA) is 103 Å². The zero-order valence-corrected chi connectivity index (χ0v) is 33.9. The molecule has 4 rings (SSSR count). The van der Waals surface area contributed by atoms with Gasteiger partial charge in [0.05, 0.1) is 73.9 Å². The van der Waals surface area contributed by atoms with Gasteiger partial charge in [-0.3, -0.25) is 9.59 Å². The lowest BCUT2D eigenvalue weighted by molar-refractivity contribution is -0.163. The van der Waals surface area contributed by atoms with Crippen LogP contribution in [-0.2, 0) is 38.0 Å². The fourth-order valence-corrected chi connectivity index (χ4v) is 8.27. The van der Waals surface area contributed by atoms with Gasteiger partial charge in [-0.25, -0.2) is 0 Å². The van der Waals surface area contributed by atoms with Crippen molar-refractivity contribution in [3.8, 4) is 0 Å². The summed E-state index contributed by atoms with van der Waals surface area (Å²) in [7, 11) is 0. The molecule has 8 unspecified atom stereocenters. The molecule has 8 atom stereocenters. The molecule has 0 aliphatic carbocycles. The second kappa shape index (κ2) is 24.3. The van der Waals surface area contributed by atoms with Gasteiger partial charge < -0.3 is 28.4 Å². The van der Waals surface area contributed by atoms with Crippen molar-refractivity contribution < 1.29 is 38.0 Å². The smallest absolute Gasteiger partial charge is 0.312 e. The van der Waals surface area contributed by atoms with Crippen molar-refractivity contribution in [1.29, 1.82) is 0 Å². The maximum absolute atomic E-state index is 13.1. The maximum atomic E-state index is 13.1. The van der Waals surface area contributed by atoms with E-state index < -0.39 is 5.41 Å². The van der Waals surface area contributed by atoms with Crippen molar-refractivity contribution in [3.05, 3.63) is 0 Å². The van der Waals surface area contributed by atoms with Crippen LogP contribution in [0, 0.1) is 5.41 Å². The van der Waals surface area contributed by atoms with Crippen molar-refractivity contribution in [2.24, 2.45) is 5.41 Å². The SMILES string of the molecule is CCCCCCCC1OC1CCCC1OC1CCCCOC(=O)CC(CC)(CC)C(=O)OCCCCC1OC1CCCC1OC1CCCCCCC. The van der Waals surface area contributed by atoms with Crippen LogP contribution in [0.4, 0.5) is 0 Å². The third-order valence-corrected chi connectivity index (χ3v) is 12.4. The summed E-state index contributed by atoms with van der Waals surface area (Å²) in [5, 5.41) is 0. The number of rotatable bonds is 35. The van der Waals surface area contributed by atoms with E-state index in [9.17, 15) is 9.59 Å². The van der Waals surface area contributed by atoms with Gasteiger partial charge in [-0.1, -0.05) is 91.9 Å². The first-order valence-corrected chi connectivity index (χ1v) is 22.4. The van der Waals surface area contributed by atoms with Crippen LogP contribution in [0.25, 0.3) is 0 Å². The first-order valence-electron chi connectivity index (χ1n) is 22.4. The molecule has 8 nitrogen and oxygen atoms in total. The van der Waals surface area contributed by atoms with Crippen LogP contribution in [0.5, 0.6) is 0 Å². The van der Waals surface area contributed by atoms with E-state index in [1.165, 1.54) is 103 Å². The Morgan fingerprint density at radius 1 is 0.423 bits per heavy atom. The third kappa shape index (κ3) is 16.7. The van der Waals surface area contributed by atoms with E-state index in [1.807, 2.05) is 13.8 Å². The fourth-order valence-electron chi connectivity index (χ4n) is 8.27. The lowest BCUT2D eigenvalue weighted by Crippen LogP contribution is -2.35. The van der Waals surface area contributed by atoms with Gasteiger partial charge in [0.25, 0.3) is 0 Å². The second-order valence-corrected chi connectivity index (χ2v) is 16.6. The van der Waals surface area contributed by atoms with E-state index in [4.69, 9.17) is 28.4 Å². The molecule has 0 radical (unpaired) electrons. The summed E-state index contributed by atoms with van der Waals surface area (Å²) in [5.74, 6) is -0.564. The minimum absolute atomic E-state index is 0.0836. The zero-order valence-electron chi connectivity index (χ0n) is 33.9. The average molecular weight is 735 g/mol. The Kier molecular flexibility index (Phi) is 20.4. The summed E-state index contributed by atoms with van der Waals surface area (Å²) < 4.78 is 34.8.